The van der Waals surface area contributed by atoms with Gasteiger partial charge in [0.05, 0.1) is 10.9 Å². The first-order chi connectivity index (χ1) is 11.6. The average molecular weight is 322 g/mol. The van der Waals surface area contributed by atoms with Crippen LogP contribution >= 0.6 is 0 Å². The van der Waals surface area contributed by atoms with Gasteiger partial charge >= 0.3 is 0 Å². The van der Waals surface area contributed by atoms with E-state index >= 15 is 0 Å². The van der Waals surface area contributed by atoms with Crippen molar-refractivity contribution in [2.75, 3.05) is 0 Å². The molecule has 6 heteroatoms. The number of hydrogen-bond acceptors (Lipinski definition) is 3. The molecule has 4 aromatic rings. The summed E-state index contributed by atoms with van der Waals surface area (Å²) in [5.74, 6) is 0.710. The van der Waals surface area contributed by atoms with E-state index in [9.17, 15) is 9.18 Å². The van der Waals surface area contributed by atoms with E-state index in [2.05, 4.69) is 10.2 Å². The van der Waals surface area contributed by atoms with E-state index in [1.807, 2.05) is 37.3 Å². The molecule has 0 amide bonds. The first kappa shape index (κ1) is 14.6. The van der Waals surface area contributed by atoms with Crippen LogP contribution in [0.2, 0.25) is 0 Å². The van der Waals surface area contributed by atoms with Crippen molar-refractivity contribution >= 4 is 16.7 Å². The molecule has 24 heavy (non-hydrogen) atoms. The summed E-state index contributed by atoms with van der Waals surface area (Å²) in [6.45, 7) is 2.27. The van der Waals surface area contributed by atoms with Crippen LogP contribution in [0.3, 0.4) is 0 Å². The van der Waals surface area contributed by atoms with E-state index in [0.29, 0.717) is 35.5 Å². The standard InChI is InChI=1S/C18H15FN4O/c1-12-20-21-18-22(10-9-13-5-3-2-4-6-13)17(24)15-11-14(19)7-8-16(15)23(12)18/h2-8,11H,9-10H2,1H3. The zero-order valence-corrected chi connectivity index (χ0v) is 13.1. The molecule has 0 fully saturated rings. The molecule has 0 atom stereocenters. The molecule has 0 bridgehead atoms. The monoisotopic (exact) mass is 322 g/mol. The van der Waals surface area contributed by atoms with Crippen molar-refractivity contribution in [3.63, 3.8) is 0 Å². The van der Waals surface area contributed by atoms with Crippen LogP contribution < -0.4 is 5.56 Å². The number of aryl methyl sites for hydroxylation is 3. The second kappa shape index (κ2) is 5.56. The molecule has 0 radical (unpaired) electrons. The fourth-order valence-corrected chi connectivity index (χ4v) is 3.01. The van der Waals surface area contributed by atoms with Gasteiger partial charge in [-0.2, -0.15) is 0 Å². The molecule has 2 aromatic carbocycles. The van der Waals surface area contributed by atoms with E-state index in [-0.39, 0.29) is 5.56 Å². The largest absolute Gasteiger partial charge is 0.276 e. The lowest BCUT2D eigenvalue weighted by atomic mass is 10.1. The van der Waals surface area contributed by atoms with Gasteiger partial charge in [0.15, 0.2) is 0 Å². The summed E-state index contributed by atoms with van der Waals surface area (Å²) < 4.78 is 17.0. The fraction of sp³-hybridized carbons (Fsp3) is 0.167. The summed E-state index contributed by atoms with van der Waals surface area (Å²) in [5, 5.41) is 8.56. The van der Waals surface area contributed by atoms with Gasteiger partial charge < -0.3 is 0 Å². The minimum Gasteiger partial charge on any atom is -0.276 e. The van der Waals surface area contributed by atoms with Crippen LogP contribution in [0.15, 0.2) is 53.3 Å². The molecule has 0 saturated carbocycles. The molecule has 4 rings (SSSR count). The smallest absolute Gasteiger partial charge is 0.262 e. The number of rotatable bonds is 3. The molecule has 2 aromatic heterocycles. The summed E-state index contributed by atoms with van der Waals surface area (Å²) in [5.41, 5.74) is 1.49. The fourth-order valence-electron chi connectivity index (χ4n) is 3.01. The predicted octanol–water partition coefficient (Wildman–Crippen LogP) is 2.73. The van der Waals surface area contributed by atoms with Crippen LogP contribution in [0.4, 0.5) is 4.39 Å². The van der Waals surface area contributed by atoms with Gasteiger partial charge in [-0.05, 0) is 37.1 Å². The van der Waals surface area contributed by atoms with Crippen LogP contribution in [0, 0.1) is 12.7 Å². The Morgan fingerprint density at radius 3 is 2.67 bits per heavy atom. The third-order valence-electron chi connectivity index (χ3n) is 4.19. The zero-order valence-electron chi connectivity index (χ0n) is 13.1. The number of benzene rings is 2. The quantitative estimate of drug-likeness (QED) is 0.583. The highest BCUT2D eigenvalue weighted by molar-refractivity contribution is 5.80. The van der Waals surface area contributed by atoms with E-state index < -0.39 is 5.82 Å². The summed E-state index contributed by atoms with van der Waals surface area (Å²) >= 11 is 0. The van der Waals surface area contributed by atoms with Gasteiger partial charge in [-0.3, -0.25) is 13.8 Å². The lowest BCUT2D eigenvalue weighted by Crippen LogP contribution is -2.24. The molecule has 0 N–H and O–H groups in total. The van der Waals surface area contributed by atoms with Gasteiger partial charge in [0.1, 0.15) is 11.6 Å². The highest BCUT2D eigenvalue weighted by atomic mass is 19.1. The third kappa shape index (κ3) is 2.27. The molecule has 0 saturated heterocycles. The average Bonchev–Trinajstić information content (AvgIpc) is 2.97. The van der Waals surface area contributed by atoms with Crippen LogP contribution in [0.5, 0.6) is 0 Å². The summed E-state index contributed by atoms with van der Waals surface area (Å²) in [4.78, 5) is 12.8. The Morgan fingerprint density at radius 2 is 1.88 bits per heavy atom. The van der Waals surface area contributed by atoms with Gasteiger partial charge in [0, 0.05) is 6.54 Å². The molecule has 120 valence electrons. The Hall–Kier alpha value is -3.02. The van der Waals surface area contributed by atoms with Crippen LogP contribution in [-0.4, -0.2) is 19.2 Å². The first-order valence-corrected chi connectivity index (χ1v) is 7.73. The molecule has 0 spiro atoms. The second-order valence-corrected chi connectivity index (χ2v) is 5.74. The highest BCUT2D eigenvalue weighted by Crippen LogP contribution is 2.16. The Bertz CT molecular complexity index is 1100. The van der Waals surface area contributed by atoms with Crippen molar-refractivity contribution in [3.8, 4) is 0 Å². The summed E-state index contributed by atoms with van der Waals surface area (Å²) in [7, 11) is 0. The first-order valence-electron chi connectivity index (χ1n) is 7.73. The van der Waals surface area contributed by atoms with Crippen molar-refractivity contribution < 1.29 is 4.39 Å². The molecule has 0 aliphatic heterocycles. The van der Waals surface area contributed by atoms with Gasteiger partial charge in [-0.15, -0.1) is 10.2 Å². The summed E-state index contributed by atoms with van der Waals surface area (Å²) in [6.07, 6.45) is 0.684. The Labute approximate surface area is 137 Å². The lowest BCUT2D eigenvalue weighted by molar-refractivity contribution is 0.628. The van der Waals surface area contributed by atoms with E-state index in [0.717, 1.165) is 5.56 Å². The SMILES string of the molecule is Cc1nnc2n(CCc3ccccc3)c(=O)c3cc(F)ccc3n12. The van der Waals surface area contributed by atoms with Gasteiger partial charge in [0.2, 0.25) is 5.78 Å². The topological polar surface area (TPSA) is 52.2 Å². The van der Waals surface area contributed by atoms with E-state index in [4.69, 9.17) is 0 Å². The van der Waals surface area contributed by atoms with Gasteiger partial charge in [0.25, 0.3) is 5.56 Å². The zero-order chi connectivity index (χ0) is 16.7. The molecule has 0 unspecified atom stereocenters. The minimum absolute atomic E-state index is 0.250. The second-order valence-electron chi connectivity index (χ2n) is 5.74. The Kier molecular flexibility index (Phi) is 3.37. The van der Waals surface area contributed by atoms with Gasteiger partial charge in [-0.1, -0.05) is 30.3 Å². The normalized spacial score (nSPS) is 11.4. The van der Waals surface area contributed by atoms with Crippen LogP contribution in [-0.2, 0) is 13.0 Å². The minimum atomic E-state index is -0.431. The number of hydrogen-bond donors (Lipinski definition) is 0. The lowest BCUT2D eigenvalue weighted by Gasteiger charge is -2.11. The van der Waals surface area contributed by atoms with Crippen molar-refractivity contribution in [1.29, 1.82) is 0 Å². The van der Waals surface area contributed by atoms with Crippen molar-refractivity contribution in [3.05, 3.63) is 76.1 Å². The molecule has 5 nitrogen and oxygen atoms in total. The third-order valence-corrected chi connectivity index (χ3v) is 4.19. The maximum atomic E-state index is 13.6. The number of fused-ring (bicyclic) bond motifs is 3. The molecule has 0 aliphatic carbocycles. The highest BCUT2D eigenvalue weighted by Gasteiger charge is 2.15. The predicted molar refractivity (Wildman–Crippen MR) is 89.6 cm³/mol. The number of nitrogens with zero attached hydrogens (tertiary/aromatic N) is 4. The van der Waals surface area contributed by atoms with Crippen molar-refractivity contribution in [2.45, 2.75) is 19.9 Å². The maximum absolute atomic E-state index is 13.6. The van der Waals surface area contributed by atoms with E-state index in [1.165, 1.54) is 12.1 Å². The van der Waals surface area contributed by atoms with Crippen LogP contribution in [0.1, 0.15) is 11.4 Å². The number of aromatic nitrogens is 4. The maximum Gasteiger partial charge on any atom is 0.262 e. The van der Waals surface area contributed by atoms with E-state index in [1.54, 1.807) is 15.0 Å². The number of halogens is 1. The molecular formula is C18H15FN4O. The molecule has 0 aliphatic rings. The summed E-state index contributed by atoms with van der Waals surface area (Å²) in [6, 6.07) is 14.1. The Balaban J connectivity index is 1.93. The Morgan fingerprint density at radius 1 is 1.08 bits per heavy atom. The van der Waals surface area contributed by atoms with Crippen molar-refractivity contribution in [2.24, 2.45) is 0 Å². The van der Waals surface area contributed by atoms with Crippen molar-refractivity contribution in [1.82, 2.24) is 19.2 Å². The van der Waals surface area contributed by atoms with Crippen LogP contribution in [0.25, 0.3) is 16.7 Å². The molecule has 2 heterocycles. The van der Waals surface area contributed by atoms with Gasteiger partial charge in [-0.25, -0.2) is 4.39 Å². The molecular weight excluding hydrogens is 307 g/mol.